The molecule has 1 N–H and O–H groups in total. The molecule has 6 heterocycles. The molecule has 0 radical (unpaired) electrons. The van der Waals surface area contributed by atoms with Crippen LogP contribution in [0.5, 0.6) is 11.5 Å². The van der Waals surface area contributed by atoms with Crippen LogP contribution in [0.2, 0.25) is 0 Å². The predicted molar refractivity (Wildman–Crippen MR) is 137 cm³/mol. The SMILES string of the molecule is Cc1cc(Nc2ncnn3ccc(C4CC5CCC(C4)N5C)c23)ccc1Oc1ccn2ncnc2c1. The van der Waals surface area contributed by atoms with E-state index in [1.807, 2.05) is 41.9 Å². The third-order valence-corrected chi connectivity index (χ3v) is 7.94. The van der Waals surface area contributed by atoms with Gasteiger partial charge in [-0.25, -0.2) is 19.0 Å². The lowest BCUT2D eigenvalue weighted by Crippen LogP contribution is -2.39. The van der Waals surface area contributed by atoms with E-state index in [1.54, 1.807) is 10.8 Å². The van der Waals surface area contributed by atoms with Gasteiger partial charge in [0.25, 0.3) is 0 Å². The van der Waals surface area contributed by atoms with Gasteiger partial charge in [-0.1, -0.05) is 0 Å². The Kier molecular flexibility index (Phi) is 4.92. The van der Waals surface area contributed by atoms with Crippen molar-refractivity contribution in [1.82, 2.24) is 34.1 Å². The quantitative estimate of drug-likeness (QED) is 0.381. The zero-order chi connectivity index (χ0) is 24.2. The van der Waals surface area contributed by atoms with Crippen LogP contribution in [0, 0.1) is 6.92 Å². The molecule has 4 aromatic heterocycles. The molecule has 0 amide bonds. The van der Waals surface area contributed by atoms with E-state index >= 15 is 0 Å². The van der Waals surface area contributed by atoms with Gasteiger partial charge in [0.1, 0.15) is 29.7 Å². The summed E-state index contributed by atoms with van der Waals surface area (Å²) in [7, 11) is 2.29. The number of rotatable bonds is 5. The van der Waals surface area contributed by atoms with Crippen LogP contribution in [0.15, 0.2) is 61.4 Å². The second-order valence-corrected chi connectivity index (χ2v) is 10.0. The normalized spacial score (nSPS) is 21.9. The molecule has 2 aliphatic rings. The Morgan fingerprint density at radius 2 is 1.69 bits per heavy atom. The Bertz CT molecular complexity index is 1560. The summed E-state index contributed by atoms with van der Waals surface area (Å²) in [5, 5.41) is 12.2. The number of aryl methyl sites for hydroxylation is 1. The third kappa shape index (κ3) is 3.58. The number of hydrogen-bond acceptors (Lipinski definition) is 7. The predicted octanol–water partition coefficient (Wildman–Crippen LogP) is 4.96. The van der Waals surface area contributed by atoms with Gasteiger partial charge in [0, 0.05) is 36.2 Å². The van der Waals surface area contributed by atoms with Crippen LogP contribution in [-0.4, -0.2) is 53.2 Å². The maximum Gasteiger partial charge on any atom is 0.158 e. The molecule has 0 saturated carbocycles. The van der Waals surface area contributed by atoms with Crippen molar-refractivity contribution in [3.8, 4) is 11.5 Å². The smallest absolute Gasteiger partial charge is 0.158 e. The lowest BCUT2D eigenvalue weighted by atomic mass is 9.86. The second-order valence-electron chi connectivity index (χ2n) is 10.0. The zero-order valence-corrected chi connectivity index (χ0v) is 20.4. The molecular formula is C27H28N8O. The topological polar surface area (TPSA) is 84.9 Å². The van der Waals surface area contributed by atoms with Crippen LogP contribution in [-0.2, 0) is 0 Å². The zero-order valence-electron chi connectivity index (χ0n) is 20.4. The van der Waals surface area contributed by atoms with Crippen LogP contribution in [0.1, 0.15) is 42.7 Å². The van der Waals surface area contributed by atoms with E-state index in [4.69, 9.17) is 4.74 Å². The Labute approximate surface area is 208 Å². The number of anilines is 2. The molecule has 0 aliphatic carbocycles. The van der Waals surface area contributed by atoms with E-state index in [9.17, 15) is 0 Å². The van der Waals surface area contributed by atoms with Crippen LogP contribution < -0.4 is 10.1 Å². The van der Waals surface area contributed by atoms with Gasteiger partial charge >= 0.3 is 0 Å². The monoisotopic (exact) mass is 480 g/mol. The van der Waals surface area contributed by atoms with E-state index < -0.39 is 0 Å². The molecule has 9 heteroatoms. The first-order chi connectivity index (χ1) is 17.6. The molecule has 9 nitrogen and oxygen atoms in total. The number of piperidine rings is 1. The summed E-state index contributed by atoms with van der Waals surface area (Å²) in [6, 6.07) is 13.5. The summed E-state index contributed by atoms with van der Waals surface area (Å²) in [6.45, 7) is 2.04. The summed E-state index contributed by atoms with van der Waals surface area (Å²) < 4.78 is 9.80. The van der Waals surface area contributed by atoms with Gasteiger partial charge in [-0.3, -0.25) is 0 Å². The van der Waals surface area contributed by atoms with Gasteiger partial charge in [0.15, 0.2) is 11.5 Å². The molecule has 2 fully saturated rings. The highest BCUT2D eigenvalue weighted by atomic mass is 16.5. The maximum absolute atomic E-state index is 6.14. The Morgan fingerprint density at radius 3 is 2.53 bits per heavy atom. The number of aromatic nitrogens is 6. The number of pyridine rings is 1. The Hall–Kier alpha value is -3.98. The molecule has 182 valence electrons. The molecule has 36 heavy (non-hydrogen) atoms. The molecule has 0 spiro atoms. The summed E-state index contributed by atoms with van der Waals surface area (Å²) in [5.74, 6) is 2.89. The molecule has 2 bridgehead atoms. The molecule has 7 rings (SSSR count). The lowest BCUT2D eigenvalue weighted by molar-refractivity contribution is 0.162. The van der Waals surface area contributed by atoms with Gasteiger partial charge in [0.05, 0.1) is 0 Å². The van der Waals surface area contributed by atoms with Gasteiger partial charge in [-0.05, 0) is 87.0 Å². The summed E-state index contributed by atoms with van der Waals surface area (Å²) in [6.07, 6.45) is 12.1. The second kappa shape index (κ2) is 8.30. The third-order valence-electron chi connectivity index (χ3n) is 7.94. The van der Waals surface area contributed by atoms with E-state index in [1.165, 1.54) is 37.6 Å². The molecule has 2 unspecified atom stereocenters. The first kappa shape index (κ1) is 21.3. The number of nitrogens with zero attached hydrogens (tertiary/aromatic N) is 7. The number of benzene rings is 1. The van der Waals surface area contributed by atoms with Crippen molar-refractivity contribution in [2.45, 2.75) is 50.6 Å². The first-order valence-corrected chi connectivity index (χ1v) is 12.5. The van der Waals surface area contributed by atoms with Crippen molar-refractivity contribution in [2.75, 3.05) is 12.4 Å². The molecule has 2 aliphatic heterocycles. The number of fused-ring (bicyclic) bond motifs is 4. The summed E-state index contributed by atoms with van der Waals surface area (Å²) in [4.78, 5) is 11.5. The van der Waals surface area contributed by atoms with E-state index in [0.29, 0.717) is 18.0 Å². The Morgan fingerprint density at radius 1 is 0.917 bits per heavy atom. The first-order valence-electron chi connectivity index (χ1n) is 12.5. The van der Waals surface area contributed by atoms with E-state index in [0.717, 1.165) is 39.7 Å². The average molecular weight is 481 g/mol. The Balaban J connectivity index is 1.16. The van der Waals surface area contributed by atoms with Crippen LogP contribution in [0.4, 0.5) is 11.5 Å². The highest BCUT2D eigenvalue weighted by Gasteiger charge is 2.39. The van der Waals surface area contributed by atoms with Crippen molar-refractivity contribution in [1.29, 1.82) is 0 Å². The van der Waals surface area contributed by atoms with Crippen molar-refractivity contribution in [3.63, 3.8) is 0 Å². The average Bonchev–Trinajstić information content (AvgIpc) is 3.57. The molecular weight excluding hydrogens is 452 g/mol. The van der Waals surface area contributed by atoms with Crippen molar-refractivity contribution < 1.29 is 4.74 Å². The van der Waals surface area contributed by atoms with Gasteiger partial charge in [-0.2, -0.15) is 10.2 Å². The van der Waals surface area contributed by atoms with Crippen molar-refractivity contribution >= 4 is 22.7 Å². The molecule has 5 aromatic rings. The minimum atomic E-state index is 0.537. The summed E-state index contributed by atoms with van der Waals surface area (Å²) >= 11 is 0. The van der Waals surface area contributed by atoms with Gasteiger partial charge < -0.3 is 15.0 Å². The lowest BCUT2D eigenvalue weighted by Gasteiger charge is -2.36. The fourth-order valence-corrected chi connectivity index (χ4v) is 6.03. The number of hydrogen-bond donors (Lipinski definition) is 1. The fourth-order valence-electron chi connectivity index (χ4n) is 6.03. The highest BCUT2D eigenvalue weighted by Crippen LogP contribution is 2.44. The van der Waals surface area contributed by atoms with Gasteiger partial charge in [0.2, 0.25) is 0 Å². The van der Waals surface area contributed by atoms with Crippen molar-refractivity contribution in [2.24, 2.45) is 0 Å². The largest absolute Gasteiger partial charge is 0.457 e. The van der Waals surface area contributed by atoms with Crippen LogP contribution >= 0.6 is 0 Å². The maximum atomic E-state index is 6.14. The fraction of sp³-hybridized carbons (Fsp3) is 0.333. The van der Waals surface area contributed by atoms with Crippen LogP contribution in [0.25, 0.3) is 11.2 Å². The van der Waals surface area contributed by atoms with Gasteiger partial charge in [-0.15, -0.1) is 0 Å². The number of nitrogens with one attached hydrogen (secondary N) is 1. The minimum Gasteiger partial charge on any atom is -0.457 e. The molecule has 1 aromatic carbocycles. The van der Waals surface area contributed by atoms with Crippen molar-refractivity contribution in [3.05, 3.63) is 72.6 Å². The molecule has 2 atom stereocenters. The molecule has 2 saturated heterocycles. The standard InChI is InChI=1S/C27H28N8O/c1-17-11-19(3-6-24(17)36-22-7-9-34-25(14-22)28-15-30-34)32-27-26-23(8-10-35(26)31-16-29-27)18-12-20-4-5-21(13-18)33(20)2/h3,6-11,14-16,18,20-21H,4-5,12-13H2,1-2H3,(H,29,31,32). The van der Waals surface area contributed by atoms with E-state index in [-0.39, 0.29) is 0 Å². The highest BCUT2D eigenvalue weighted by molar-refractivity contribution is 5.77. The van der Waals surface area contributed by atoms with Crippen LogP contribution in [0.3, 0.4) is 0 Å². The summed E-state index contributed by atoms with van der Waals surface area (Å²) in [5.41, 5.74) is 5.16. The van der Waals surface area contributed by atoms with E-state index in [2.05, 4.69) is 55.8 Å². The number of ether oxygens (including phenoxy) is 1. The minimum absolute atomic E-state index is 0.537.